The lowest BCUT2D eigenvalue weighted by molar-refractivity contribution is -0.142. The molecule has 0 fully saturated rings. The van der Waals surface area contributed by atoms with Gasteiger partial charge in [-0.1, -0.05) is 34.1 Å². The number of unbranched alkanes of at least 4 members (excludes halogenated alkanes) is 1. The first-order valence-corrected chi connectivity index (χ1v) is 16.6. The number of rotatable bonds is 23. The summed E-state index contributed by atoms with van der Waals surface area (Å²) in [4.78, 5) is 95.8. The summed E-state index contributed by atoms with van der Waals surface area (Å²) in [6.45, 7) is 7.33. The third-order valence-corrected chi connectivity index (χ3v) is 8.00. The molecule has 0 aliphatic carbocycles. The van der Waals surface area contributed by atoms with Crippen molar-refractivity contribution in [1.29, 1.82) is 0 Å². The molecule has 19 nitrogen and oxygen atoms in total. The highest BCUT2D eigenvalue weighted by atomic mass is 16.4. The van der Waals surface area contributed by atoms with Gasteiger partial charge in [-0.2, -0.15) is 0 Å². The number of aliphatic hydroxyl groups excluding tert-OH is 1. The van der Waals surface area contributed by atoms with Crippen LogP contribution >= 0.6 is 0 Å². The van der Waals surface area contributed by atoms with Crippen molar-refractivity contribution in [1.82, 2.24) is 41.9 Å². The highest BCUT2D eigenvalue weighted by Gasteiger charge is 2.33. The maximum Gasteiger partial charge on any atom is 0.326 e. The fourth-order valence-corrected chi connectivity index (χ4v) is 4.50. The molecule has 50 heavy (non-hydrogen) atoms. The first kappa shape index (κ1) is 43.4. The second kappa shape index (κ2) is 22.2. The number of carbonyl (C=O) groups is 7. The molecule has 13 N–H and O–H groups in total. The van der Waals surface area contributed by atoms with E-state index in [1.807, 2.05) is 0 Å². The Morgan fingerprint density at radius 1 is 0.840 bits per heavy atom. The van der Waals surface area contributed by atoms with E-state index in [9.17, 15) is 43.8 Å². The van der Waals surface area contributed by atoms with Crippen molar-refractivity contribution >= 4 is 41.4 Å². The quantitative estimate of drug-likeness (QED) is 0.0499. The van der Waals surface area contributed by atoms with Gasteiger partial charge in [0.1, 0.15) is 30.2 Å². The predicted molar refractivity (Wildman–Crippen MR) is 181 cm³/mol. The van der Waals surface area contributed by atoms with Crippen molar-refractivity contribution in [2.24, 2.45) is 23.3 Å². The molecule has 0 saturated carbocycles. The van der Waals surface area contributed by atoms with Crippen molar-refractivity contribution in [2.45, 2.75) is 103 Å². The van der Waals surface area contributed by atoms with Crippen molar-refractivity contribution in [3.63, 3.8) is 0 Å². The molecule has 0 spiro atoms. The molecule has 0 aliphatic heterocycles. The average Bonchev–Trinajstić information content (AvgIpc) is 3.59. The van der Waals surface area contributed by atoms with E-state index < -0.39 is 96.7 Å². The minimum Gasteiger partial charge on any atom is -0.480 e. The fraction of sp³-hybridized carbons (Fsp3) is 0.677. The summed E-state index contributed by atoms with van der Waals surface area (Å²) in [6.07, 6.45) is 4.38. The smallest absolute Gasteiger partial charge is 0.326 e. The summed E-state index contributed by atoms with van der Waals surface area (Å²) in [6, 6.07) is -7.15. The predicted octanol–water partition coefficient (Wildman–Crippen LogP) is -3.25. The Kier molecular flexibility index (Phi) is 19.2. The molecule has 0 radical (unpaired) electrons. The number of aromatic nitrogens is 2. The van der Waals surface area contributed by atoms with E-state index in [0.717, 1.165) is 0 Å². The van der Waals surface area contributed by atoms with E-state index in [-0.39, 0.29) is 18.8 Å². The third-order valence-electron chi connectivity index (χ3n) is 8.00. The van der Waals surface area contributed by atoms with Gasteiger partial charge in [0.2, 0.25) is 35.4 Å². The Morgan fingerprint density at radius 2 is 1.48 bits per heavy atom. The van der Waals surface area contributed by atoms with Gasteiger partial charge in [0, 0.05) is 18.3 Å². The number of nitrogens with two attached hydrogens (primary N) is 2. The molecular weight excluding hydrogens is 656 g/mol. The van der Waals surface area contributed by atoms with Crippen LogP contribution in [0.1, 0.15) is 66.0 Å². The van der Waals surface area contributed by atoms with Gasteiger partial charge in [0.05, 0.1) is 25.5 Å². The van der Waals surface area contributed by atoms with E-state index in [1.54, 1.807) is 27.7 Å². The first-order chi connectivity index (χ1) is 23.6. The van der Waals surface area contributed by atoms with Crippen molar-refractivity contribution in [3.05, 3.63) is 18.2 Å². The van der Waals surface area contributed by atoms with Crippen molar-refractivity contribution in [2.75, 3.05) is 19.7 Å². The second-order valence-electron chi connectivity index (χ2n) is 12.4. The lowest BCUT2D eigenvalue weighted by atomic mass is 9.97. The summed E-state index contributed by atoms with van der Waals surface area (Å²) in [5, 5.41) is 33.9. The van der Waals surface area contributed by atoms with Gasteiger partial charge >= 0.3 is 5.97 Å². The van der Waals surface area contributed by atoms with Gasteiger partial charge < -0.3 is 58.6 Å². The number of nitrogens with zero attached hydrogens (tertiary/aromatic N) is 1. The highest BCUT2D eigenvalue weighted by molar-refractivity contribution is 5.96. The van der Waals surface area contributed by atoms with Crippen LogP contribution in [0.3, 0.4) is 0 Å². The standard InChI is InChI=1S/C31H54N10O9/c1-6-17(4)25(30(48)37-18(5)26(44)35-13-23(43)38-20(31(49)50)9-7-8-10-32)41-27(45)21(11-19-12-34-15-36-19)39-28(46)22(14-42)40-29(47)24(33)16(2)3/h12,15-18,20-22,24-25,42H,6-11,13-14,32-33H2,1-5H3,(H,34,36)(H,35,44)(H,37,48)(H,38,43)(H,39,46)(H,40,47)(H,41,45)(H,49,50)/t17-,18-,20-,21-,22-,24-,25-/m0/s1. The number of H-pyrrole nitrogens is 1. The van der Waals surface area contributed by atoms with E-state index >= 15 is 0 Å². The number of nitrogens with one attached hydrogen (secondary N) is 7. The second-order valence-corrected chi connectivity index (χ2v) is 12.4. The third kappa shape index (κ3) is 14.9. The Labute approximate surface area is 291 Å². The summed E-state index contributed by atoms with van der Waals surface area (Å²) >= 11 is 0. The number of imidazole rings is 1. The zero-order valence-corrected chi connectivity index (χ0v) is 29.3. The molecule has 0 unspecified atom stereocenters. The van der Waals surface area contributed by atoms with Gasteiger partial charge in [-0.3, -0.25) is 28.8 Å². The van der Waals surface area contributed by atoms with Gasteiger partial charge in [-0.15, -0.1) is 0 Å². The van der Waals surface area contributed by atoms with Gasteiger partial charge in [-0.25, -0.2) is 9.78 Å². The van der Waals surface area contributed by atoms with Crippen LogP contribution in [0.4, 0.5) is 0 Å². The molecule has 0 aliphatic rings. The molecule has 19 heteroatoms. The molecule has 0 aromatic carbocycles. The minimum atomic E-state index is -1.43. The molecule has 0 saturated heterocycles. The van der Waals surface area contributed by atoms with Crippen LogP contribution in [0.15, 0.2) is 12.5 Å². The summed E-state index contributed by atoms with van der Waals surface area (Å²) in [5.74, 6) is -6.44. The Balaban J connectivity index is 2.98. The number of amides is 6. The molecule has 1 heterocycles. The normalized spacial score (nSPS) is 15.3. The van der Waals surface area contributed by atoms with E-state index in [2.05, 4.69) is 41.9 Å². The lowest BCUT2D eigenvalue weighted by Gasteiger charge is -2.28. The summed E-state index contributed by atoms with van der Waals surface area (Å²) in [7, 11) is 0. The van der Waals surface area contributed by atoms with Gasteiger partial charge in [-0.05, 0) is 44.6 Å². The zero-order chi connectivity index (χ0) is 38.0. The first-order valence-electron chi connectivity index (χ1n) is 16.6. The van der Waals surface area contributed by atoms with Crippen LogP contribution in [0, 0.1) is 11.8 Å². The molecule has 6 amide bonds. The van der Waals surface area contributed by atoms with Gasteiger partial charge in [0.15, 0.2) is 0 Å². The number of carbonyl (C=O) groups excluding carboxylic acids is 6. The summed E-state index contributed by atoms with van der Waals surface area (Å²) < 4.78 is 0. The summed E-state index contributed by atoms with van der Waals surface area (Å²) in [5.41, 5.74) is 11.7. The molecule has 1 rings (SSSR count). The molecular formula is C31H54N10O9. The van der Waals surface area contributed by atoms with Crippen LogP contribution < -0.4 is 43.4 Å². The molecule has 7 atom stereocenters. The van der Waals surface area contributed by atoms with E-state index in [1.165, 1.54) is 19.4 Å². The minimum absolute atomic E-state index is 0.0966. The molecule has 0 bridgehead atoms. The van der Waals surface area contributed by atoms with E-state index in [0.29, 0.717) is 31.5 Å². The number of aromatic amines is 1. The number of hydrogen-bond donors (Lipinski definition) is 11. The zero-order valence-electron chi connectivity index (χ0n) is 29.3. The fourth-order valence-electron chi connectivity index (χ4n) is 4.50. The van der Waals surface area contributed by atoms with Crippen molar-refractivity contribution in [3.8, 4) is 0 Å². The maximum absolute atomic E-state index is 13.6. The monoisotopic (exact) mass is 710 g/mol. The molecule has 1 aromatic rings. The lowest BCUT2D eigenvalue weighted by Crippen LogP contribution is -2.61. The number of carboxylic acid groups (broad SMARTS) is 1. The van der Waals surface area contributed by atoms with Crippen LogP contribution in [0.2, 0.25) is 0 Å². The number of hydrogen-bond acceptors (Lipinski definition) is 11. The largest absolute Gasteiger partial charge is 0.480 e. The van der Waals surface area contributed by atoms with Crippen LogP contribution in [-0.4, -0.2) is 118 Å². The SMILES string of the molecule is CC[C@H](C)[C@H](NC(=O)[C@H](Cc1cnc[nH]1)NC(=O)[C@H](CO)NC(=O)[C@@H](N)C(C)C)C(=O)N[C@@H](C)C(=O)NCC(=O)N[C@@H](CCCCN)C(=O)O. The highest BCUT2D eigenvalue weighted by Crippen LogP contribution is 2.10. The number of aliphatic carboxylic acids is 1. The van der Waals surface area contributed by atoms with E-state index in [4.69, 9.17) is 11.5 Å². The number of aliphatic hydroxyl groups is 1. The Hall–Kier alpha value is -4.62. The van der Waals surface area contributed by atoms with Gasteiger partial charge in [0.25, 0.3) is 0 Å². The van der Waals surface area contributed by atoms with Crippen molar-refractivity contribution < 1.29 is 43.8 Å². The Bertz CT molecular complexity index is 1280. The molecule has 1 aromatic heterocycles. The average molecular weight is 711 g/mol. The maximum atomic E-state index is 13.6. The van der Waals surface area contributed by atoms with Crippen LogP contribution in [0.5, 0.6) is 0 Å². The Morgan fingerprint density at radius 3 is 2.02 bits per heavy atom. The van der Waals surface area contributed by atoms with Crippen LogP contribution in [-0.2, 0) is 40.0 Å². The topological polar surface area (TPSA) is 313 Å². The van der Waals surface area contributed by atoms with Crippen LogP contribution in [0.25, 0.3) is 0 Å². The number of carboxylic acids is 1. The molecule has 282 valence electrons.